The van der Waals surface area contributed by atoms with Crippen molar-refractivity contribution in [3.63, 3.8) is 0 Å². The normalized spacial score (nSPS) is 22.8. The number of hydrogen-bond acceptors (Lipinski definition) is 4. The van der Waals surface area contributed by atoms with Crippen LogP contribution in [0.4, 0.5) is 11.4 Å². The third kappa shape index (κ3) is 4.26. The molecule has 0 aromatic heterocycles. The number of nitro benzene ring substituents is 1. The van der Waals surface area contributed by atoms with E-state index in [9.17, 15) is 14.9 Å². The van der Waals surface area contributed by atoms with Crippen molar-refractivity contribution in [1.29, 1.82) is 0 Å². The molecular formula is C15H21N3O3. The third-order valence-electron chi connectivity index (χ3n) is 3.69. The van der Waals surface area contributed by atoms with E-state index in [0.29, 0.717) is 11.8 Å². The zero-order valence-electron chi connectivity index (χ0n) is 12.4. The van der Waals surface area contributed by atoms with E-state index in [-0.39, 0.29) is 23.8 Å². The van der Waals surface area contributed by atoms with Crippen LogP contribution in [0.3, 0.4) is 0 Å². The fraction of sp³-hybridized carbons (Fsp3) is 0.533. The highest BCUT2D eigenvalue weighted by Gasteiger charge is 2.24. The maximum atomic E-state index is 12.1. The Kier molecular flexibility index (Phi) is 4.90. The van der Waals surface area contributed by atoms with E-state index < -0.39 is 4.92 Å². The zero-order valence-corrected chi connectivity index (χ0v) is 12.4. The molecular weight excluding hydrogens is 270 g/mol. The van der Waals surface area contributed by atoms with Crippen LogP contribution in [0.2, 0.25) is 0 Å². The molecule has 21 heavy (non-hydrogen) atoms. The largest absolute Gasteiger partial charge is 0.319 e. The zero-order chi connectivity index (χ0) is 15.4. The average molecular weight is 291 g/mol. The van der Waals surface area contributed by atoms with Crippen LogP contribution in [0.15, 0.2) is 24.3 Å². The predicted octanol–water partition coefficient (Wildman–Crippen LogP) is 2.51. The van der Waals surface area contributed by atoms with Gasteiger partial charge in [0.15, 0.2) is 0 Å². The summed E-state index contributed by atoms with van der Waals surface area (Å²) in [5.41, 5.74) is 0.178. The van der Waals surface area contributed by atoms with Gasteiger partial charge in [0.05, 0.1) is 11.5 Å². The molecule has 6 nitrogen and oxygen atoms in total. The van der Waals surface area contributed by atoms with Gasteiger partial charge < -0.3 is 5.32 Å². The number of carbonyl (C=O) groups excluding carboxylic acids is 1. The lowest BCUT2D eigenvalue weighted by molar-refractivity contribution is -0.383. The van der Waals surface area contributed by atoms with E-state index in [1.807, 2.05) is 0 Å². The number of nitro groups is 1. The highest BCUT2D eigenvalue weighted by Crippen LogP contribution is 2.24. The molecule has 0 unspecified atom stereocenters. The summed E-state index contributed by atoms with van der Waals surface area (Å²) in [6.45, 7) is 6.44. The Morgan fingerprint density at radius 2 is 1.95 bits per heavy atom. The molecule has 1 aliphatic rings. The van der Waals surface area contributed by atoms with Gasteiger partial charge in [-0.25, -0.2) is 0 Å². The van der Waals surface area contributed by atoms with Gasteiger partial charge in [0.1, 0.15) is 5.69 Å². The highest BCUT2D eigenvalue weighted by molar-refractivity contribution is 5.94. The summed E-state index contributed by atoms with van der Waals surface area (Å²) in [6.07, 6.45) is 1.18. The molecule has 1 N–H and O–H groups in total. The summed E-state index contributed by atoms with van der Waals surface area (Å²) in [6, 6.07) is 6.20. The topological polar surface area (TPSA) is 75.5 Å². The maximum absolute atomic E-state index is 12.1. The van der Waals surface area contributed by atoms with Crippen LogP contribution < -0.4 is 5.32 Å². The molecule has 2 rings (SSSR count). The minimum atomic E-state index is -0.485. The monoisotopic (exact) mass is 291 g/mol. The molecule has 2 atom stereocenters. The standard InChI is InChI=1S/C15H21N3O3/c1-11-7-12(2)9-17(8-11)10-15(19)16-13-5-3-4-6-14(13)18(20)21/h3-6,11-12H,7-10H2,1-2H3,(H,16,19)/t11-,12-/m1/s1. The second kappa shape index (κ2) is 6.67. The van der Waals surface area contributed by atoms with Gasteiger partial charge in [0, 0.05) is 19.2 Å². The van der Waals surface area contributed by atoms with Crippen molar-refractivity contribution < 1.29 is 9.72 Å². The Morgan fingerprint density at radius 3 is 2.57 bits per heavy atom. The molecule has 0 aliphatic carbocycles. The summed E-state index contributed by atoms with van der Waals surface area (Å²) >= 11 is 0. The first-order valence-electron chi connectivity index (χ1n) is 7.21. The maximum Gasteiger partial charge on any atom is 0.292 e. The van der Waals surface area contributed by atoms with Crippen molar-refractivity contribution in [3.8, 4) is 0 Å². The molecule has 0 bridgehead atoms. The third-order valence-corrected chi connectivity index (χ3v) is 3.69. The van der Waals surface area contributed by atoms with Gasteiger partial charge in [-0.15, -0.1) is 0 Å². The van der Waals surface area contributed by atoms with Crippen molar-refractivity contribution in [3.05, 3.63) is 34.4 Å². The molecule has 1 aliphatic heterocycles. The molecule has 0 saturated carbocycles. The Morgan fingerprint density at radius 1 is 1.33 bits per heavy atom. The van der Waals surface area contributed by atoms with Crippen molar-refractivity contribution in [2.24, 2.45) is 11.8 Å². The average Bonchev–Trinajstić information content (AvgIpc) is 2.37. The van der Waals surface area contributed by atoms with E-state index in [1.165, 1.54) is 12.5 Å². The summed E-state index contributed by atoms with van der Waals surface area (Å²) in [5.74, 6) is 0.950. The number of hydrogen-bond donors (Lipinski definition) is 1. The lowest BCUT2D eigenvalue weighted by Crippen LogP contribution is -2.42. The minimum absolute atomic E-state index is 0.0776. The molecule has 1 fully saturated rings. The summed E-state index contributed by atoms with van der Waals surface area (Å²) in [7, 11) is 0. The van der Waals surface area contributed by atoms with E-state index in [4.69, 9.17) is 0 Å². The number of para-hydroxylation sites is 2. The smallest absolute Gasteiger partial charge is 0.292 e. The predicted molar refractivity (Wildman–Crippen MR) is 81.1 cm³/mol. The van der Waals surface area contributed by atoms with Gasteiger partial charge in [0.2, 0.25) is 5.91 Å². The van der Waals surface area contributed by atoms with Gasteiger partial charge in [-0.05, 0) is 24.3 Å². The Labute approximate surface area is 124 Å². The van der Waals surface area contributed by atoms with Crippen molar-refractivity contribution in [2.75, 3.05) is 25.0 Å². The summed E-state index contributed by atoms with van der Waals surface area (Å²) in [5, 5.41) is 13.6. The fourth-order valence-electron chi connectivity index (χ4n) is 3.05. The van der Waals surface area contributed by atoms with Gasteiger partial charge in [-0.2, -0.15) is 0 Å². The molecule has 0 radical (unpaired) electrons. The van der Waals surface area contributed by atoms with Crippen LogP contribution >= 0.6 is 0 Å². The molecule has 1 aromatic rings. The van der Waals surface area contributed by atoms with Crippen molar-refractivity contribution in [2.45, 2.75) is 20.3 Å². The molecule has 1 heterocycles. The van der Waals surface area contributed by atoms with Crippen molar-refractivity contribution >= 4 is 17.3 Å². The molecule has 114 valence electrons. The number of nitrogens with one attached hydrogen (secondary N) is 1. The Balaban J connectivity index is 1.97. The van der Waals surface area contributed by atoms with E-state index in [0.717, 1.165) is 13.1 Å². The van der Waals surface area contributed by atoms with Crippen LogP contribution in [0.25, 0.3) is 0 Å². The van der Waals surface area contributed by atoms with Crippen LogP contribution in [0, 0.1) is 22.0 Å². The van der Waals surface area contributed by atoms with Crippen LogP contribution in [-0.4, -0.2) is 35.4 Å². The summed E-state index contributed by atoms with van der Waals surface area (Å²) < 4.78 is 0. The lowest BCUT2D eigenvalue weighted by Gasteiger charge is -2.34. The number of likely N-dealkylation sites (tertiary alicyclic amines) is 1. The van der Waals surface area contributed by atoms with Gasteiger partial charge in [-0.3, -0.25) is 19.8 Å². The number of benzene rings is 1. The number of carbonyl (C=O) groups is 1. The van der Waals surface area contributed by atoms with Gasteiger partial charge in [-0.1, -0.05) is 26.0 Å². The lowest BCUT2D eigenvalue weighted by atomic mass is 9.92. The highest BCUT2D eigenvalue weighted by atomic mass is 16.6. The Bertz CT molecular complexity index is 523. The molecule has 6 heteroatoms. The van der Waals surface area contributed by atoms with Gasteiger partial charge in [0.25, 0.3) is 5.69 Å². The summed E-state index contributed by atoms with van der Waals surface area (Å²) in [4.78, 5) is 24.6. The second-order valence-corrected chi connectivity index (χ2v) is 5.96. The SMILES string of the molecule is C[C@@H]1C[C@@H](C)CN(CC(=O)Nc2ccccc2[N+](=O)[O-])C1. The number of piperidine rings is 1. The number of rotatable bonds is 4. The van der Waals surface area contributed by atoms with Crippen LogP contribution in [0.5, 0.6) is 0 Å². The number of nitrogens with zero attached hydrogens (tertiary/aromatic N) is 2. The first-order valence-corrected chi connectivity index (χ1v) is 7.21. The number of anilines is 1. The minimum Gasteiger partial charge on any atom is -0.319 e. The van der Waals surface area contributed by atoms with Gasteiger partial charge >= 0.3 is 0 Å². The van der Waals surface area contributed by atoms with E-state index >= 15 is 0 Å². The van der Waals surface area contributed by atoms with Crippen LogP contribution in [0.1, 0.15) is 20.3 Å². The second-order valence-electron chi connectivity index (χ2n) is 5.96. The molecule has 0 spiro atoms. The van der Waals surface area contributed by atoms with E-state index in [2.05, 4.69) is 24.1 Å². The Hall–Kier alpha value is -1.95. The molecule has 1 aromatic carbocycles. The van der Waals surface area contributed by atoms with E-state index in [1.54, 1.807) is 18.2 Å². The first kappa shape index (κ1) is 15.4. The fourth-order valence-corrected chi connectivity index (χ4v) is 3.05. The number of amides is 1. The molecule has 1 amide bonds. The molecule has 1 saturated heterocycles. The van der Waals surface area contributed by atoms with Crippen molar-refractivity contribution in [1.82, 2.24) is 4.90 Å². The van der Waals surface area contributed by atoms with Crippen LogP contribution in [-0.2, 0) is 4.79 Å². The first-order chi connectivity index (χ1) is 9.95. The quantitative estimate of drug-likeness (QED) is 0.683.